The molecule has 0 aromatic heterocycles. The van der Waals surface area contributed by atoms with Crippen molar-refractivity contribution in [3.63, 3.8) is 0 Å². The van der Waals surface area contributed by atoms with E-state index >= 15 is 0 Å². The number of nitriles is 1. The number of carbonyl (C=O) groups is 1. The van der Waals surface area contributed by atoms with Crippen molar-refractivity contribution < 1.29 is 9.53 Å². The largest absolute Gasteiger partial charge is 0.481 e. The van der Waals surface area contributed by atoms with Gasteiger partial charge in [-0.1, -0.05) is 15.9 Å². The van der Waals surface area contributed by atoms with Crippen LogP contribution in [-0.2, 0) is 4.79 Å². The summed E-state index contributed by atoms with van der Waals surface area (Å²) >= 11 is 3.39. The molecule has 0 saturated carbocycles. The van der Waals surface area contributed by atoms with Crippen LogP contribution in [0, 0.1) is 11.3 Å². The van der Waals surface area contributed by atoms with Gasteiger partial charge in [-0.2, -0.15) is 5.26 Å². The van der Waals surface area contributed by atoms with Crippen LogP contribution < -0.4 is 9.64 Å². The number of ether oxygens (including phenoxy) is 1. The SMILES string of the molecule is CC(Oc1ccc(Br)cc1)C(=O)N1CCCN(c2ccc(C#N)cc2)CC1. The van der Waals surface area contributed by atoms with Gasteiger partial charge >= 0.3 is 0 Å². The molecule has 2 aromatic rings. The van der Waals surface area contributed by atoms with Gasteiger partial charge in [-0.25, -0.2) is 0 Å². The Morgan fingerprint density at radius 1 is 1.07 bits per heavy atom. The summed E-state index contributed by atoms with van der Waals surface area (Å²) in [5.74, 6) is 0.702. The van der Waals surface area contributed by atoms with Gasteiger partial charge in [-0.15, -0.1) is 0 Å². The average Bonchev–Trinajstić information content (AvgIpc) is 2.95. The minimum absolute atomic E-state index is 0.0135. The van der Waals surface area contributed by atoms with E-state index in [1.165, 1.54) is 0 Å². The molecule has 0 radical (unpaired) electrons. The van der Waals surface area contributed by atoms with Gasteiger partial charge in [0.2, 0.25) is 0 Å². The number of hydrogen-bond donors (Lipinski definition) is 0. The number of benzene rings is 2. The summed E-state index contributed by atoms with van der Waals surface area (Å²) in [6, 6.07) is 17.2. The highest BCUT2D eigenvalue weighted by Crippen LogP contribution is 2.20. The van der Waals surface area contributed by atoms with Crippen molar-refractivity contribution in [3.05, 3.63) is 58.6 Å². The first-order chi connectivity index (χ1) is 13.1. The van der Waals surface area contributed by atoms with E-state index in [1.54, 1.807) is 6.92 Å². The second kappa shape index (κ2) is 8.92. The van der Waals surface area contributed by atoms with Crippen molar-refractivity contribution in [2.45, 2.75) is 19.4 Å². The number of nitrogens with zero attached hydrogens (tertiary/aromatic N) is 3. The van der Waals surface area contributed by atoms with E-state index < -0.39 is 6.10 Å². The molecule has 0 spiro atoms. The summed E-state index contributed by atoms with van der Waals surface area (Å²) in [7, 11) is 0. The van der Waals surface area contributed by atoms with Crippen LogP contribution in [0.5, 0.6) is 5.75 Å². The maximum Gasteiger partial charge on any atom is 0.263 e. The highest BCUT2D eigenvalue weighted by Gasteiger charge is 2.24. The van der Waals surface area contributed by atoms with Crippen molar-refractivity contribution in [2.24, 2.45) is 0 Å². The Hall–Kier alpha value is -2.52. The molecule has 3 rings (SSSR count). The van der Waals surface area contributed by atoms with E-state index in [2.05, 4.69) is 26.9 Å². The lowest BCUT2D eigenvalue weighted by Crippen LogP contribution is -2.42. The first-order valence-corrected chi connectivity index (χ1v) is 9.82. The molecule has 27 heavy (non-hydrogen) atoms. The van der Waals surface area contributed by atoms with Crippen LogP contribution in [0.1, 0.15) is 18.9 Å². The first kappa shape index (κ1) is 19.2. The second-order valence-electron chi connectivity index (χ2n) is 6.54. The molecule has 0 bridgehead atoms. The molecule has 1 unspecified atom stereocenters. The maximum atomic E-state index is 12.8. The molecular weight excluding hydrogens is 406 g/mol. The van der Waals surface area contributed by atoms with Crippen LogP contribution in [0.4, 0.5) is 5.69 Å². The fourth-order valence-electron chi connectivity index (χ4n) is 3.17. The maximum absolute atomic E-state index is 12.8. The summed E-state index contributed by atoms with van der Waals surface area (Å²) in [6.45, 7) is 4.83. The summed E-state index contributed by atoms with van der Waals surface area (Å²) in [6.07, 6.45) is 0.379. The van der Waals surface area contributed by atoms with E-state index in [0.29, 0.717) is 17.9 Å². The Balaban J connectivity index is 1.58. The van der Waals surface area contributed by atoms with E-state index in [4.69, 9.17) is 10.00 Å². The van der Waals surface area contributed by atoms with Crippen LogP contribution in [-0.4, -0.2) is 43.1 Å². The zero-order chi connectivity index (χ0) is 19.2. The Kier molecular flexibility index (Phi) is 6.36. The number of carbonyl (C=O) groups excluding carboxylic acids is 1. The predicted octanol–water partition coefficient (Wildman–Crippen LogP) is 3.83. The number of hydrogen-bond acceptors (Lipinski definition) is 4. The summed E-state index contributed by atoms with van der Waals surface area (Å²) in [4.78, 5) is 16.9. The van der Waals surface area contributed by atoms with Gasteiger partial charge in [0.1, 0.15) is 5.75 Å². The lowest BCUT2D eigenvalue weighted by molar-refractivity contribution is -0.137. The molecule has 1 saturated heterocycles. The smallest absolute Gasteiger partial charge is 0.263 e. The van der Waals surface area contributed by atoms with Gasteiger partial charge in [-0.05, 0) is 61.9 Å². The topological polar surface area (TPSA) is 56.6 Å². The molecule has 1 fully saturated rings. The Morgan fingerprint density at radius 2 is 1.78 bits per heavy atom. The molecule has 5 nitrogen and oxygen atoms in total. The first-order valence-electron chi connectivity index (χ1n) is 9.03. The van der Waals surface area contributed by atoms with Crippen LogP contribution in [0.2, 0.25) is 0 Å². The van der Waals surface area contributed by atoms with Crippen molar-refractivity contribution in [1.82, 2.24) is 4.90 Å². The predicted molar refractivity (Wildman–Crippen MR) is 109 cm³/mol. The number of rotatable bonds is 4. The molecule has 1 amide bonds. The molecule has 6 heteroatoms. The molecule has 2 aromatic carbocycles. The third kappa shape index (κ3) is 5.01. The van der Waals surface area contributed by atoms with Crippen LogP contribution >= 0.6 is 15.9 Å². The molecule has 140 valence electrons. The zero-order valence-corrected chi connectivity index (χ0v) is 16.9. The Bertz CT molecular complexity index is 815. The number of amides is 1. The van der Waals surface area contributed by atoms with Crippen LogP contribution in [0.3, 0.4) is 0 Å². The average molecular weight is 428 g/mol. The minimum atomic E-state index is -0.521. The van der Waals surface area contributed by atoms with E-state index in [0.717, 1.165) is 36.2 Å². The second-order valence-corrected chi connectivity index (χ2v) is 7.45. The van der Waals surface area contributed by atoms with Gasteiger partial charge in [0.15, 0.2) is 6.10 Å². The van der Waals surface area contributed by atoms with Crippen LogP contribution in [0.15, 0.2) is 53.0 Å². The summed E-state index contributed by atoms with van der Waals surface area (Å²) in [5, 5.41) is 8.93. The molecular formula is C21H22BrN3O2. The highest BCUT2D eigenvalue weighted by molar-refractivity contribution is 9.10. The monoisotopic (exact) mass is 427 g/mol. The lowest BCUT2D eigenvalue weighted by atomic mass is 10.2. The molecule has 0 N–H and O–H groups in total. The summed E-state index contributed by atoms with van der Waals surface area (Å²) in [5.41, 5.74) is 1.74. The molecule has 1 atom stereocenters. The van der Waals surface area contributed by atoms with Crippen molar-refractivity contribution in [3.8, 4) is 11.8 Å². The highest BCUT2D eigenvalue weighted by atomic mass is 79.9. The number of anilines is 1. The molecule has 0 aliphatic carbocycles. The van der Waals surface area contributed by atoms with Gasteiger partial charge in [0, 0.05) is 36.3 Å². The van der Waals surface area contributed by atoms with Crippen molar-refractivity contribution >= 4 is 27.5 Å². The number of halogens is 1. The fraction of sp³-hybridized carbons (Fsp3) is 0.333. The Labute approximate surface area is 168 Å². The zero-order valence-electron chi connectivity index (χ0n) is 15.3. The quantitative estimate of drug-likeness (QED) is 0.743. The van der Waals surface area contributed by atoms with E-state index in [1.807, 2.05) is 53.4 Å². The standard InChI is InChI=1S/C21H22BrN3O2/c1-16(27-20-9-5-18(22)6-10-20)21(26)25-12-2-11-24(13-14-25)19-7-3-17(15-23)4-8-19/h3-10,16H,2,11-14H2,1H3. The van der Waals surface area contributed by atoms with E-state index in [-0.39, 0.29) is 5.91 Å². The van der Waals surface area contributed by atoms with Crippen LogP contribution in [0.25, 0.3) is 0 Å². The molecule has 1 aliphatic rings. The van der Waals surface area contributed by atoms with E-state index in [9.17, 15) is 4.79 Å². The third-order valence-electron chi connectivity index (χ3n) is 4.64. The Morgan fingerprint density at radius 3 is 2.44 bits per heavy atom. The fourth-order valence-corrected chi connectivity index (χ4v) is 3.43. The van der Waals surface area contributed by atoms with Gasteiger partial charge in [0.25, 0.3) is 5.91 Å². The van der Waals surface area contributed by atoms with Crippen molar-refractivity contribution in [1.29, 1.82) is 5.26 Å². The van der Waals surface area contributed by atoms with Gasteiger partial charge in [-0.3, -0.25) is 4.79 Å². The molecule has 1 heterocycles. The minimum Gasteiger partial charge on any atom is -0.481 e. The normalized spacial score (nSPS) is 15.6. The third-order valence-corrected chi connectivity index (χ3v) is 5.17. The van der Waals surface area contributed by atoms with Gasteiger partial charge in [0.05, 0.1) is 11.6 Å². The molecule has 1 aliphatic heterocycles. The van der Waals surface area contributed by atoms with Gasteiger partial charge < -0.3 is 14.5 Å². The summed E-state index contributed by atoms with van der Waals surface area (Å²) < 4.78 is 6.78. The lowest BCUT2D eigenvalue weighted by Gasteiger charge is -2.26. The van der Waals surface area contributed by atoms with Crippen molar-refractivity contribution in [2.75, 3.05) is 31.1 Å².